The molecule has 8 heteroatoms. The maximum atomic E-state index is 13.1. The maximum absolute atomic E-state index is 13.1. The Hall–Kier alpha value is -3.00. The summed E-state index contributed by atoms with van der Waals surface area (Å²) in [5.74, 6) is 2.81. The zero-order valence-electron chi connectivity index (χ0n) is 18.3. The summed E-state index contributed by atoms with van der Waals surface area (Å²) in [6, 6.07) is 14.2. The Morgan fingerprint density at radius 1 is 1.12 bits per heavy atom. The number of benzene rings is 2. The van der Waals surface area contributed by atoms with Crippen LogP contribution in [0.1, 0.15) is 30.0 Å². The standard InChI is InChI=1S/C24H26N4O3S/c1-16-6-3-4-7-18(16)23-25-26-24(27(23)2)32-15-22(29)28-11-5-8-19(28)17-9-10-20-21(14-17)31-13-12-30-20/h3-4,6-7,9-10,14,19H,5,8,11-13,15H2,1-2H3/t19-/m0/s1. The van der Waals surface area contributed by atoms with E-state index in [4.69, 9.17) is 9.47 Å². The van der Waals surface area contributed by atoms with Gasteiger partial charge >= 0.3 is 0 Å². The van der Waals surface area contributed by atoms with Crippen molar-refractivity contribution in [3.63, 3.8) is 0 Å². The molecule has 5 rings (SSSR count). The Morgan fingerprint density at radius 2 is 1.94 bits per heavy atom. The van der Waals surface area contributed by atoms with E-state index in [1.54, 1.807) is 0 Å². The number of hydrogen-bond donors (Lipinski definition) is 0. The van der Waals surface area contributed by atoms with Gasteiger partial charge in [-0.15, -0.1) is 10.2 Å². The van der Waals surface area contributed by atoms with Gasteiger partial charge in [-0.1, -0.05) is 42.1 Å². The number of amides is 1. The number of thioether (sulfide) groups is 1. The van der Waals surface area contributed by atoms with Crippen LogP contribution in [0.4, 0.5) is 0 Å². The van der Waals surface area contributed by atoms with E-state index < -0.39 is 0 Å². The number of carbonyl (C=O) groups excluding carboxylic acids is 1. The van der Waals surface area contributed by atoms with E-state index in [1.165, 1.54) is 11.8 Å². The van der Waals surface area contributed by atoms with Crippen molar-refractivity contribution < 1.29 is 14.3 Å². The number of rotatable bonds is 5. The molecule has 1 aromatic heterocycles. The molecule has 1 amide bonds. The van der Waals surface area contributed by atoms with Gasteiger partial charge in [0.2, 0.25) is 5.91 Å². The number of aryl methyl sites for hydroxylation is 1. The predicted octanol–water partition coefficient (Wildman–Crippen LogP) is 4.02. The number of ether oxygens (including phenoxy) is 2. The molecule has 0 unspecified atom stereocenters. The van der Waals surface area contributed by atoms with Gasteiger partial charge in [0.05, 0.1) is 11.8 Å². The molecule has 0 radical (unpaired) electrons. The molecule has 2 aliphatic heterocycles. The molecule has 1 fully saturated rings. The average Bonchev–Trinajstić information content (AvgIpc) is 3.45. The second-order valence-electron chi connectivity index (χ2n) is 8.12. The van der Waals surface area contributed by atoms with Crippen molar-refractivity contribution in [1.29, 1.82) is 0 Å². The van der Waals surface area contributed by atoms with Crippen LogP contribution in [0.5, 0.6) is 11.5 Å². The molecule has 7 nitrogen and oxygen atoms in total. The highest BCUT2D eigenvalue weighted by Gasteiger charge is 2.31. The van der Waals surface area contributed by atoms with Crippen LogP contribution in [0.3, 0.4) is 0 Å². The molecule has 1 saturated heterocycles. The van der Waals surface area contributed by atoms with Gasteiger partial charge in [-0.25, -0.2) is 0 Å². The topological polar surface area (TPSA) is 69.5 Å². The van der Waals surface area contributed by atoms with E-state index in [0.29, 0.717) is 19.0 Å². The second-order valence-corrected chi connectivity index (χ2v) is 9.06. The number of nitrogens with zero attached hydrogens (tertiary/aromatic N) is 4. The summed E-state index contributed by atoms with van der Waals surface area (Å²) in [4.78, 5) is 15.1. The molecule has 2 aromatic carbocycles. The minimum absolute atomic E-state index is 0.0703. The zero-order valence-corrected chi connectivity index (χ0v) is 19.1. The molecule has 0 aliphatic carbocycles. The average molecular weight is 451 g/mol. The molecular weight excluding hydrogens is 424 g/mol. The molecule has 32 heavy (non-hydrogen) atoms. The van der Waals surface area contributed by atoms with Gasteiger partial charge in [-0.2, -0.15) is 0 Å². The van der Waals surface area contributed by atoms with Crippen LogP contribution >= 0.6 is 11.8 Å². The highest BCUT2D eigenvalue weighted by molar-refractivity contribution is 7.99. The summed E-state index contributed by atoms with van der Waals surface area (Å²) >= 11 is 1.44. The third kappa shape index (κ3) is 3.95. The zero-order chi connectivity index (χ0) is 22.1. The van der Waals surface area contributed by atoms with Crippen molar-refractivity contribution in [2.24, 2.45) is 7.05 Å². The van der Waals surface area contributed by atoms with Crippen LogP contribution in [0, 0.1) is 6.92 Å². The van der Waals surface area contributed by atoms with Gasteiger partial charge in [0.15, 0.2) is 22.5 Å². The highest BCUT2D eigenvalue weighted by atomic mass is 32.2. The van der Waals surface area contributed by atoms with Crippen molar-refractivity contribution in [3.8, 4) is 22.9 Å². The van der Waals surface area contributed by atoms with Crippen molar-refractivity contribution in [2.75, 3.05) is 25.5 Å². The van der Waals surface area contributed by atoms with Crippen molar-refractivity contribution in [2.45, 2.75) is 31.0 Å². The molecule has 166 valence electrons. The minimum Gasteiger partial charge on any atom is -0.486 e. The van der Waals surface area contributed by atoms with Crippen LogP contribution < -0.4 is 9.47 Å². The summed E-state index contributed by atoms with van der Waals surface area (Å²) in [6.07, 6.45) is 1.95. The normalized spacial score (nSPS) is 17.6. The predicted molar refractivity (Wildman–Crippen MR) is 123 cm³/mol. The van der Waals surface area contributed by atoms with Crippen LogP contribution in [0.25, 0.3) is 11.4 Å². The van der Waals surface area contributed by atoms with Gasteiger partial charge in [0, 0.05) is 19.2 Å². The smallest absolute Gasteiger partial charge is 0.233 e. The molecule has 1 atom stereocenters. The lowest BCUT2D eigenvalue weighted by Gasteiger charge is -2.26. The summed E-state index contributed by atoms with van der Waals surface area (Å²) in [7, 11) is 1.95. The van der Waals surface area contributed by atoms with Crippen molar-refractivity contribution >= 4 is 17.7 Å². The van der Waals surface area contributed by atoms with Gasteiger partial charge < -0.3 is 18.9 Å². The fraction of sp³-hybridized carbons (Fsp3) is 0.375. The molecule has 0 spiro atoms. The Kier molecular flexibility index (Phi) is 5.78. The number of hydrogen-bond acceptors (Lipinski definition) is 6. The first-order valence-corrected chi connectivity index (χ1v) is 11.9. The van der Waals surface area contributed by atoms with E-state index in [0.717, 1.165) is 58.6 Å². The summed E-state index contributed by atoms with van der Waals surface area (Å²) < 4.78 is 13.3. The Labute approximate surface area is 191 Å². The lowest BCUT2D eigenvalue weighted by Crippen LogP contribution is -2.32. The Balaban J connectivity index is 1.28. The quantitative estimate of drug-likeness (QED) is 0.547. The van der Waals surface area contributed by atoms with Crippen LogP contribution in [0.15, 0.2) is 47.6 Å². The van der Waals surface area contributed by atoms with Gasteiger partial charge in [0.25, 0.3) is 0 Å². The van der Waals surface area contributed by atoms with Crippen molar-refractivity contribution in [1.82, 2.24) is 19.7 Å². The molecular formula is C24H26N4O3S. The van der Waals surface area contributed by atoms with Gasteiger partial charge in [-0.05, 0) is 43.0 Å². The highest BCUT2D eigenvalue weighted by Crippen LogP contribution is 2.38. The largest absolute Gasteiger partial charge is 0.486 e. The maximum Gasteiger partial charge on any atom is 0.233 e. The summed E-state index contributed by atoms with van der Waals surface area (Å²) in [5, 5.41) is 9.44. The minimum atomic E-state index is 0.0703. The Morgan fingerprint density at radius 3 is 2.78 bits per heavy atom. The fourth-order valence-corrected chi connectivity index (χ4v) is 5.18. The van der Waals surface area contributed by atoms with E-state index in [9.17, 15) is 4.79 Å². The van der Waals surface area contributed by atoms with E-state index in [2.05, 4.69) is 23.2 Å². The number of aromatic nitrogens is 3. The first-order valence-electron chi connectivity index (χ1n) is 10.9. The first kappa shape index (κ1) is 20.9. The summed E-state index contributed by atoms with van der Waals surface area (Å²) in [5.41, 5.74) is 3.31. The van der Waals surface area contributed by atoms with Gasteiger partial charge in [-0.3, -0.25) is 4.79 Å². The van der Waals surface area contributed by atoms with Crippen LogP contribution in [0.2, 0.25) is 0 Å². The number of likely N-dealkylation sites (tertiary alicyclic amines) is 1. The van der Waals surface area contributed by atoms with E-state index in [-0.39, 0.29) is 11.9 Å². The molecule has 0 bridgehead atoms. The lowest BCUT2D eigenvalue weighted by atomic mass is 10.0. The number of carbonyl (C=O) groups is 1. The molecule has 3 heterocycles. The van der Waals surface area contributed by atoms with Gasteiger partial charge in [0.1, 0.15) is 13.2 Å². The fourth-order valence-electron chi connectivity index (χ4n) is 4.39. The van der Waals surface area contributed by atoms with E-state index in [1.807, 2.05) is 52.9 Å². The monoisotopic (exact) mass is 450 g/mol. The van der Waals surface area contributed by atoms with Crippen LogP contribution in [-0.4, -0.2) is 51.1 Å². The SMILES string of the molecule is Cc1ccccc1-c1nnc(SCC(=O)N2CCC[C@H]2c2ccc3c(c2)OCCO3)n1C. The lowest BCUT2D eigenvalue weighted by molar-refractivity contribution is -0.129. The summed E-state index contributed by atoms with van der Waals surface area (Å²) in [6.45, 7) is 3.96. The van der Waals surface area contributed by atoms with Crippen LogP contribution in [-0.2, 0) is 11.8 Å². The van der Waals surface area contributed by atoms with E-state index >= 15 is 0 Å². The molecule has 3 aromatic rings. The first-order chi connectivity index (χ1) is 15.6. The third-order valence-corrected chi connectivity index (χ3v) is 7.07. The molecule has 0 N–H and O–H groups in total. The van der Waals surface area contributed by atoms with Crippen molar-refractivity contribution in [3.05, 3.63) is 53.6 Å². The molecule has 2 aliphatic rings. The number of fused-ring (bicyclic) bond motifs is 1. The Bertz CT molecular complexity index is 1150. The molecule has 0 saturated carbocycles. The second kappa shape index (κ2) is 8.86. The third-order valence-electron chi connectivity index (χ3n) is 6.07.